The number of carbonyl (C=O) groups is 1. The van der Waals surface area contributed by atoms with Crippen molar-refractivity contribution in [2.24, 2.45) is 5.92 Å². The Labute approximate surface area is 120 Å². The van der Waals surface area contributed by atoms with Gasteiger partial charge in [-0.3, -0.25) is 4.79 Å². The number of benzene rings is 1. The van der Waals surface area contributed by atoms with Gasteiger partial charge in [-0.25, -0.2) is 0 Å². The highest BCUT2D eigenvalue weighted by atomic mass is 19.4. The molecule has 0 bridgehead atoms. The van der Waals surface area contributed by atoms with Gasteiger partial charge in [0.25, 0.3) is 0 Å². The molecule has 0 aromatic heterocycles. The van der Waals surface area contributed by atoms with E-state index in [0.29, 0.717) is 0 Å². The molecule has 0 aliphatic heterocycles. The Kier molecular flexibility index (Phi) is 4.88. The minimum absolute atomic E-state index is 0.190. The van der Waals surface area contributed by atoms with Gasteiger partial charge in [-0.05, 0) is 30.9 Å². The Morgan fingerprint density at radius 1 is 1.19 bits per heavy atom. The fourth-order valence-electron chi connectivity index (χ4n) is 2.71. The highest BCUT2D eigenvalue weighted by Gasteiger charge is 2.35. The lowest BCUT2D eigenvalue weighted by Crippen LogP contribution is -2.32. The Morgan fingerprint density at radius 3 is 2.43 bits per heavy atom. The van der Waals surface area contributed by atoms with Gasteiger partial charge in [0.2, 0.25) is 0 Å². The first kappa shape index (κ1) is 15.8. The normalized spacial score (nSPS) is 18.3. The summed E-state index contributed by atoms with van der Waals surface area (Å²) in [5, 5.41) is 10.1. The van der Waals surface area contributed by atoms with Crippen LogP contribution in [0.1, 0.15) is 42.5 Å². The summed E-state index contributed by atoms with van der Waals surface area (Å²) < 4.78 is 40.9. The van der Waals surface area contributed by atoms with Crippen LogP contribution in [0.3, 0.4) is 0 Å². The highest BCUT2D eigenvalue weighted by molar-refractivity contribution is 6.01. The Hall–Kier alpha value is -1.56. The van der Waals surface area contributed by atoms with Crippen LogP contribution in [-0.2, 0) is 0 Å². The van der Waals surface area contributed by atoms with E-state index in [2.05, 4.69) is 4.74 Å². The number of halogens is 3. The van der Waals surface area contributed by atoms with Crippen LogP contribution in [0, 0.1) is 5.92 Å². The summed E-state index contributed by atoms with van der Waals surface area (Å²) in [7, 11) is 0. The van der Waals surface area contributed by atoms with Crippen molar-refractivity contribution in [2.45, 2.75) is 44.6 Å². The predicted molar refractivity (Wildman–Crippen MR) is 70.0 cm³/mol. The Balaban J connectivity index is 2.18. The van der Waals surface area contributed by atoms with E-state index in [1.54, 1.807) is 0 Å². The standard InChI is InChI=1S/C15H17F3O3/c16-15(17,18)21-12-9-5-4-8-11(12)14(20)13(19)10-6-2-1-3-7-10/h4-5,8-10,13,19H,1-3,6-7H2. The average molecular weight is 302 g/mol. The van der Waals surface area contributed by atoms with Crippen LogP contribution in [-0.4, -0.2) is 23.4 Å². The number of carbonyl (C=O) groups excluding carboxylic acids is 1. The maximum absolute atomic E-state index is 12.3. The molecule has 0 spiro atoms. The number of aliphatic hydroxyl groups excluding tert-OH is 1. The number of hydrogen-bond donors (Lipinski definition) is 1. The van der Waals surface area contributed by atoms with Crippen LogP contribution >= 0.6 is 0 Å². The molecule has 1 aromatic rings. The second-order valence-electron chi connectivity index (χ2n) is 5.25. The molecule has 116 valence electrons. The summed E-state index contributed by atoms with van der Waals surface area (Å²) in [5.74, 6) is -1.46. The van der Waals surface area contributed by atoms with Gasteiger partial charge in [0.15, 0.2) is 5.78 Å². The number of ketones is 1. The lowest BCUT2D eigenvalue weighted by molar-refractivity contribution is -0.274. The lowest BCUT2D eigenvalue weighted by Gasteiger charge is -2.26. The Morgan fingerprint density at radius 2 is 1.81 bits per heavy atom. The van der Waals surface area contributed by atoms with Crippen LogP contribution in [0.2, 0.25) is 0 Å². The molecule has 1 saturated carbocycles. The van der Waals surface area contributed by atoms with Crippen LogP contribution in [0.4, 0.5) is 13.2 Å². The smallest absolute Gasteiger partial charge is 0.405 e. The molecule has 1 atom stereocenters. The fraction of sp³-hybridized carbons (Fsp3) is 0.533. The van der Waals surface area contributed by atoms with E-state index in [0.717, 1.165) is 38.2 Å². The van der Waals surface area contributed by atoms with Gasteiger partial charge in [0.05, 0.1) is 5.56 Å². The van der Waals surface area contributed by atoms with Crippen molar-refractivity contribution in [3.63, 3.8) is 0 Å². The molecular weight excluding hydrogens is 285 g/mol. The van der Waals surface area contributed by atoms with Gasteiger partial charge in [0.1, 0.15) is 11.9 Å². The number of para-hydroxylation sites is 1. The van der Waals surface area contributed by atoms with Gasteiger partial charge in [-0.15, -0.1) is 13.2 Å². The van der Waals surface area contributed by atoms with E-state index in [1.807, 2.05) is 0 Å². The topological polar surface area (TPSA) is 46.5 Å². The number of hydrogen-bond acceptors (Lipinski definition) is 3. The molecule has 1 aliphatic rings. The summed E-state index contributed by atoms with van der Waals surface area (Å²) in [6.07, 6.45) is -1.80. The third-order valence-corrected chi connectivity index (χ3v) is 3.74. The minimum atomic E-state index is -4.87. The zero-order valence-corrected chi connectivity index (χ0v) is 11.4. The van der Waals surface area contributed by atoms with Crippen molar-refractivity contribution >= 4 is 5.78 Å². The number of ether oxygens (including phenoxy) is 1. The molecule has 1 aliphatic carbocycles. The second kappa shape index (κ2) is 6.47. The molecule has 6 heteroatoms. The van der Waals surface area contributed by atoms with Crippen molar-refractivity contribution in [3.05, 3.63) is 29.8 Å². The summed E-state index contributed by atoms with van der Waals surface area (Å²) in [6, 6.07) is 5.12. The zero-order valence-electron chi connectivity index (χ0n) is 11.4. The first-order valence-corrected chi connectivity index (χ1v) is 6.95. The summed E-state index contributed by atoms with van der Waals surface area (Å²) in [6.45, 7) is 0. The van der Waals surface area contributed by atoms with Gasteiger partial charge in [-0.1, -0.05) is 31.4 Å². The number of alkyl halides is 3. The van der Waals surface area contributed by atoms with Crippen molar-refractivity contribution < 1.29 is 27.8 Å². The molecule has 2 rings (SSSR count). The van der Waals surface area contributed by atoms with Crippen LogP contribution in [0.5, 0.6) is 5.75 Å². The van der Waals surface area contributed by atoms with Crippen molar-refractivity contribution in [1.29, 1.82) is 0 Å². The molecule has 3 nitrogen and oxygen atoms in total. The van der Waals surface area contributed by atoms with Gasteiger partial charge >= 0.3 is 6.36 Å². The van der Waals surface area contributed by atoms with Crippen molar-refractivity contribution in [1.82, 2.24) is 0 Å². The van der Waals surface area contributed by atoms with Gasteiger partial charge in [-0.2, -0.15) is 0 Å². The Bertz CT molecular complexity index is 493. The third-order valence-electron chi connectivity index (χ3n) is 3.74. The number of rotatable bonds is 4. The molecule has 1 unspecified atom stereocenters. The predicted octanol–water partition coefficient (Wildman–Crippen LogP) is 3.71. The van der Waals surface area contributed by atoms with Crippen LogP contribution in [0.25, 0.3) is 0 Å². The largest absolute Gasteiger partial charge is 0.573 e. The molecule has 0 radical (unpaired) electrons. The first-order chi connectivity index (χ1) is 9.88. The van der Waals surface area contributed by atoms with E-state index in [-0.39, 0.29) is 11.5 Å². The number of Topliss-reactive ketones (excluding diaryl/α,β-unsaturated/α-hetero) is 1. The number of aliphatic hydroxyl groups is 1. The fourth-order valence-corrected chi connectivity index (χ4v) is 2.71. The van der Waals surface area contributed by atoms with Gasteiger partial charge in [0, 0.05) is 0 Å². The van der Waals surface area contributed by atoms with Gasteiger partial charge < -0.3 is 9.84 Å². The quantitative estimate of drug-likeness (QED) is 0.862. The molecular formula is C15H17F3O3. The van der Waals surface area contributed by atoms with Crippen LogP contribution in [0.15, 0.2) is 24.3 Å². The maximum atomic E-state index is 12.3. The van der Waals surface area contributed by atoms with E-state index < -0.39 is 24.0 Å². The molecule has 0 heterocycles. The molecule has 1 aromatic carbocycles. The monoisotopic (exact) mass is 302 g/mol. The summed E-state index contributed by atoms with van der Waals surface area (Å²) >= 11 is 0. The van der Waals surface area contributed by atoms with E-state index in [1.165, 1.54) is 18.2 Å². The maximum Gasteiger partial charge on any atom is 0.573 e. The molecule has 1 N–H and O–H groups in total. The average Bonchev–Trinajstić information content (AvgIpc) is 2.45. The third kappa shape index (κ3) is 4.20. The molecule has 1 fully saturated rings. The summed E-state index contributed by atoms with van der Waals surface area (Å²) in [4.78, 5) is 12.3. The highest BCUT2D eigenvalue weighted by Crippen LogP contribution is 2.31. The van der Waals surface area contributed by atoms with E-state index >= 15 is 0 Å². The first-order valence-electron chi connectivity index (χ1n) is 6.95. The SMILES string of the molecule is O=C(c1ccccc1OC(F)(F)F)C(O)C1CCCCC1. The van der Waals surface area contributed by atoms with Crippen molar-refractivity contribution in [2.75, 3.05) is 0 Å². The second-order valence-corrected chi connectivity index (χ2v) is 5.25. The van der Waals surface area contributed by atoms with E-state index in [4.69, 9.17) is 0 Å². The van der Waals surface area contributed by atoms with Crippen LogP contribution < -0.4 is 4.74 Å². The summed E-state index contributed by atoms with van der Waals surface area (Å²) in [5.41, 5.74) is -0.229. The lowest BCUT2D eigenvalue weighted by atomic mass is 9.82. The van der Waals surface area contributed by atoms with Crippen molar-refractivity contribution in [3.8, 4) is 5.75 Å². The van der Waals surface area contributed by atoms with E-state index in [9.17, 15) is 23.1 Å². The molecule has 0 saturated heterocycles. The molecule has 0 amide bonds. The minimum Gasteiger partial charge on any atom is -0.405 e. The zero-order chi connectivity index (χ0) is 15.5. The molecule has 21 heavy (non-hydrogen) atoms.